The van der Waals surface area contributed by atoms with E-state index >= 15 is 0 Å². The number of rotatable bonds is 12. The Kier molecular flexibility index (Phi) is 17.9. The predicted molar refractivity (Wildman–Crippen MR) is 273 cm³/mol. The Bertz CT molecular complexity index is 2620. The van der Waals surface area contributed by atoms with Gasteiger partial charge in [0.2, 0.25) is 5.88 Å². The van der Waals surface area contributed by atoms with E-state index in [1.165, 1.54) is 23.6 Å². The van der Waals surface area contributed by atoms with E-state index < -0.39 is 11.9 Å². The van der Waals surface area contributed by atoms with Crippen molar-refractivity contribution in [3.05, 3.63) is 164 Å². The largest absolute Gasteiger partial charge is 0.477 e. The van der Waals surface area contributed by atoms with E-state index in [1.807, 2.05) is 48.5 Å². The number of carboxylic acids is 1. The maximum absolute atomic E-state index is 12.0. The average molecular weight is 982 g/mol. The average Bonchev–Trinajstić information content (AvgIpc) is 3.70. The number of carbonyl (C=O) groups excluding carboxylic acids is 1. The maximum Gasteiger partial charge on any atom is 0.341 e. The molecule has 0 saturated heterocycles. The molecule has 6 aromatic rings. The van der Waals surface area contributed by atoms with E-state index in [1.54, 1.807) is 24.3 Å². The molecule has 11 nitrogen and oxygen atoms in total. The first-order valence-electron chi connectivity index (χ1n) is 23.0. The Labute approximate surface area is 415 Å². The number of primary amides is 1. The zero-order valence-corrected chi connectivity index (χ0v) is 42.0. The molecule has 4 aromatic carbocycles. The molecule has 0 unspecified atom stereocenters. The van der Waals surface area contributed by atoms with Crippen LogP contribution in [0.5, 0.6) is 11.6 Å². The number of carbonyl (C=O) groups is 2. The van der Waals surface area contributed by atoms with E-state index in [0.717, 1.165) is 74.9 Å². The second-order valence-electron chi connectivity index (χ2n) is 18.5. The molecule has 2 aromatic heterocycles. The molecular weight excluding hydrogens is 919 g/mol. The van der Waals surface area contributed by atoms with Gasteiger partial charge >= 0.3 is 5.97 Å². The number of aromatic carboxylic acids is 1. The van der Waals surface area contributed by atoms with Crippen LogP contribution in [0.15, 0.2) is 114 Å². The third-order valence-electron chi connectivity index (χ3n) is 13.8. The highest BCUT2D eigenvalue weighted by Crippen LogP contribution is 2.43. The molecule has 2 saturated carbocycles. The first kappa shape index (κ1) is 52.1. The van der Waals surface area contributed by atoms with Crippen LogP contribution in [-0.2, 0) is 12.8 Å². The van der Waals surface area contributed by atoms with Crippen LogP contribution >= 0.6 is 34.8 Å². The van der Waals surface area contributed by atoms with Crippen LogP contribution < -0.4 is 16.2 Å². The zero-order valence-electron chi connectivity index (χ0n) is 39.8. The molecular formula is C54H63Cl3N6O5. The van der Waals surface area contributed by atoms with Gasteiger partial charge in [0.1, 0.15) is 28.3 Å². The number of amides is 1. The zero-order chi connectivity index (χ0) is 49.2. The van der Waals surface area contributed by atoms with Crippen molar-refractivity contribution < 1.29 is 24.0 Å². The van der Waals surface area contributed by atoms with Crippen LogP contribution in [0.2, 0.25) is 15.1 Å². The van der Waals surface area contributed by atoms with E-state index in [9.17, 15) is 9.59 Å². The third kappa shape index (κ3) is 12.7. The topological polar surface area (TPSA) is 161 Å². The molecule has 360 valence electrons. The fourth-order valence-electron chi connectivity index (χ4n) is 9.42. The normalized spacial score (nSPS) is 20.2. The van der Waals surface area contributed by atoms with Crippen molar-refractivity contribution in [1.82, 2.24) is 19.9 Å². The third-order valence-corrected chi connectivity index (χ3v) is 14.8. The van der Waals surface area contributed by atoms with E-state index in [2.05, 4.69) is 86.5 Å². The van der Waals surface area contributed by atoms with Crippen LogP contribution in [-0.4, -0.2) is 82.2 Å². The number of carboxylic acid groups (broad SMARTS) is 1. The number of ether oxygens (including phenoxy) is 1. The fraction of sp³-hybridized carbons (Fsp3) is 0.370. The van der Waals surface area contributed by atoms with Gasteiger partial charge in [0, 0.05) is 39.3 Å². The molecule has 2 aliphatic rings. The molecule has 2 heterocycles. The molecule has 0 radical (unpaired) electrons. The SMILES string of the molecule is CN(C)C1(Cc2ccccc2Cl)CCC(N)CC1.Cc1ccccc1CC1(N(C)C)CCC(c2ccc(C(N)=O)c(Oc3ccccc3)n2)CC1.Cc1onc(-c2c(Cl)cccc2Cl)c1C(=O)O. The summed E-state index contributed by atoms with van der Waals surface area (Å²) in [4.78, 5) is 32.6. The lowest BCUT2D eigenvalue weighted by Crippen LogP contribution is -2.50. The first-order chi connectivity index (χ1) is 32.4. The summed E-state index contributed by atoms with van der Waals surface area (Å²) in [5.41, 5.74) is 17.8. The van der Waals surface area contributed by atoms with Gasteiger partial charge < -0.3 is 35.6 Å². The van der Waals surface area contributed by atoms with Crippen LogP contribution in [0.4, 0.5) is 0 Å². The second kappa shape index (κ2) is 23.4. The summed E-state index contributed by atoms with van der Waals surface area (Å²) in [6, 6.07) is 35.2. The molecule has 2 fully saturated rings. The number of halogens is 3. The van der Waals surface area contributed by atoms with Gasteiger partial charge in [0.25, 0.3) is 5.91 Å². The molecule has 0 spiro atoms. The number of benzene rings is 4. The molecule has 8 rings (SSSR count). The van der Waals surface area contributed by atoms with Crippen LogP contribution in [0.1, 0.15) is 106 Å². The highest BCUT2D eigenvalue weighted by molar-refractivity contribution is 6.39. The minimum absolute atomic E-state index is 0.0278. The molecule has 0 aliphatic heterocycles. The number of pyridine rings is 1. The summed E-state index contributed by atoms with van der Waals surface area (Å²) in [5, 5.41) is 14.3. The fourth-order valence-corrected chi connectivity index (χ4v) is 10.2. The molecule has 68 heavy (non-hydrogen) atoms. The number of nitrogens with zero attached hydrogens (tertiary/aromatic N) is 4. The van der Waals surface area contributed by atoms with Crippen LogP contribution in [0, 0.1) is 13.8 Å². The van der Waals surface area contributed by atoms with Gasteiger partial charge in [-0.2, -0.15) is 0 Å². The van der Waals surface area contributed by atoms with Crippen molar-refractivity contribution in [3.63, 3.8) is 0 Å². The van der Waals surface area contributed by atoms with Crippen LogP contribution in [0.25, 0.3) is 11.3 Å². The lowest BCUT2D eigenvalue weighted by molar-refractivity contribution is 0.0695. The number of hydrogen-bond donors (Lipinski definition) is 3. The van der Waals surface area contributed by atoms with Crippen molar-refractivity contribution >= 4 is 46.7 Å². The Hall–Kier alpha value is -5.27. The van der Waals surface area contributed by atoms with Crippen molar-refractivity contribution in [2.75, 3.05) is 28.2 Å². The molecule has 14 heteroatoms. The summed E-state index contributed by atoms with van der Waals surface area (Å²) in [7, 11) is 8.75. The quantitative estimate of drug-likeness (QED) is 0.108. The second-order valence-corrected chi connectivity index (χ2v) is 19.7. The van der Waals surface area contributed by atoms with Gasteiger partial charge in [-0.05, 0) is 165 Å². The maximum atomic E-state index is 12.0. The Morgan fingerprint density at radius 1 is 0.721 bits per heavy atom. The van der Waals surface area contributed by atoms with Crippen LogP contribution in [0.3, 0.4) is 0 Å². The molecule has 0 bridgehead atoms. The van der Waals surface area contributed by atoms with Gasteiger partial charge in [0.15, 0.2) is 0 Å². The summed E-state index contributed by atoms with van der Waals surface area (Å²) in [6.07, 6.45) is 10.9. The Morgan fingerprint density at radius 2 is 1.25 bits per heavy atom. The lowest BCUT2D eigenvalue weighted by atomic mass is 9.71. The van der Waals surface area contributed by atoms with Gasteiger partial charge in [-0.3, -0.25) is 4.79 Å². The van der Waals surface area contributed by atoms with Crippen molar-refractivity contribution in [3.8, 4) is 22.9 Å². The van der Waals surface area contributed by atoms with E-state index in [4.69, 9.17) is 65.6 Å². The highest BCUT2D eigenvalue weighted by atomic mass is 35.5. The number of nitrogens with two attached hydrogens (primary N) is 2. The first-order valence-corrected chi connectivity index (χ1v) is 24.1. The number of aromatic nitrogens is 2. The number of likely N-dealkylation sites (N-methyl/N-ethyl adjacent to an activating group) is 2. The van der Waals surface area contributed by atoms with Gasteiger partial charge in [-0.15, -0.1) is 0 Å². The minimum atomic E-state index is -1.13. The predicted octanol–water partition coefficient (Wildman–Crippen LogP) is 12.2. The van der Waals surface area contributed by atoms with Gasteiger partial charge in [-0.25, -0.2) is 9.78 Å². The number of para-hydroxylation sites is 1. The van der Waals surface area contributed by atoms with Gasteiger partial charge in [-0.1, -0.05) is 107 Å². The Balaban J connectivity index is 0.000000184. The molecule has 0 atom stereocenters. The summed E-state index contributed by atoms with van der Waals surface area (Å²) in [5.74, 6) is -0.199. The van der Waals surface area contributed by atoms with Crippen molar-refractivity contribution in [2.24, 2.45) is 11.5 Å². The Morgan fingerprint density at radius 3 is 1.81 bits per heavy atom. The van der Waals surface area contributed by atoms with Crippen molar-refractivity contribution in [2.45, 2.75) is 101 Å². The molecule has 1 amide bonds. The minimum Gasteiger partial charge on any atom is -0.477 e. The monoisotopic (exact) mass is 980 g/mol. The molecule has 5 N–H and O–H groups in total. The summed E-state index contributed by atoms with van der Waals surface area (Å²) in [6.45, 7) is 3.72. The highest BCUT2D eigenvalue weighted by Gasteiger charge is 2.39. The van der Waals surface area contributed by atoms with Gasteiger partial charge in [0.05, 0.1) is 10.0 Å². The lowest BCUT2D eigenvalue weighted by Gasteiger charge is -2.45. The molecule has 2 aliphatic carbocycles. The summed E-state index contributed by atoms with van der Waals surface area (Å²) >= 11 is 18.3. The number of hydrogen-bond acceptors (Lipinski definition) is 9. The number of aryl methyl sites for hydroxylation is 2. The van der Waals surface area contributed by atoms with E-state index in [0.29, 0.717) is 38.9 Å². The standard InChI is InChI=1S/C28H33N3O2.C15H23ClN2.C11H7Cl2NO3/c1-20-9-7-8-10-22(20)19-28(31(2)3)17-15-21(16-18-28)25-14-13-24(26(29)32)27(30-25)33-23-11-5-4-6-12-23;1-18(2)15(9-7-13(17)8-10-15)11-12-5-3-4-6-14(12)16;1-5-8(11(15)16)10(14-17-5)9-6(12)3-2-4-7(9)13/h4-14,21H,15-19H2,1-3H3,(H2,29,32);3-6,13H,7-11,17H2,1-2H3;2-4H,1H3,(H,15,16). The smallest absolute Gasteiger partial charge is 0.341 e. The van der Waals surface area contributed by atoms with E-state index in [-0.39, 0.29) is 34.0 Å². The summed E-state index contributed by atoms with van der Waals surface area (Å²) < 4.78 is 10.8. The van der Waals surface area contributed by atoms with Crippen molar-refractivity contribution in [1.29, 1.82) is 0 Å².